The average Bonchev–Trinajstić information content (AvgIpc) is 3.33. The van der Waals surface area contributed by atoms with Crippen LogP contribution >= 0.6 is 36.4 Å². The molecule has 9 heteroatoms. The van der Waals surface area contributed by atoms with Crippen molar-refractivity contribution in [1.82, 2.24) is 19.4 Å². The fourth-order valence-corrected chi connectivity index (χ4v) is 6.33. The Balaban J connectivity index is 0.00000231. The lowest BCUT2D eigenvalue weighted by atomic mass is 9.97. The number of fused-ring (bicyclic) bond motifs is 1. The summed E-state index contributed by atoms with van der Waals surface area (Å²) < 4.78 is 8.32. The summed E-state index contributed by atoms with van der Waals surface area (Å²) in [6.07, 6.45) is 11.2. The molecule has 1 amide bonds. The van der Waals surface area contributed by atoms with Gasteiger partial charge < -0.3 is 19.1 Å². The maximum Gasteiger partial charge on any atom is 0.222 e. The number of likely N-dealkylation sites (tertiary alicyclic amines) is 2. The molecule has 0 saturated carbocycles. The van der Waals surface area contributed by atoms with E-state index in [2.05, 4.69) is 39.5 Å². The maximum atomic E-state index is 13.3. The van der Waals surface area contributed by atoms with Crippen molar-refractivity contribution < 1.29 is 9.53 Å². The van der Waals surface area contributed by atoms with Crippen LogP contribution in [0.5, 0.6) is 5.75 Å². The van der Waals surface area contributed by atoms with Crippen LogP contribution in [0.25, 0.3) is 11.0 Å². The third kappa shape index (κ3) is 9.00. The Kier molecular flexibility index (Phi) is 13.6. The molecule has 0 aliphatic carbocycles. The normalized spacial score (nSPS) is 17.6. The molecule has 41 heavy (non-hydrogen) atoms. The number of carbonyl (C=O) groups is 1. The Hall–Kier alpha value is -1.99. The molecule has 6 nitrogen and oxygen atoms in total. The number of imidazole rings is 1. The van der Waals surface area contributed by atoms with Crippen molar-refractivity contribution in [2.24, 2.45) is 0 Å². The van der Waals surface area contributed by atoms with E-state index in [9.17, 15) is 4.79 Å². The summed E-state index contributed by atoms with van der Waals surface area (Å²) in [5.41, 5.74) is 3.31. The zero-order valence-corrected chi connectivity index (χ0v) is 26.6. The SMILES string of the molecule is Cc1cccc2c1nc(COc1ccc(Cl)cc1)n2CCCCC(=O)N1CCCC[C@@H]1CCN1CCCCC1.Cl.Cl. The molecule has 2 aliphatic heterocycles. The highest BCUT2D eigenvalue weighted by atomic mass is 35.5. The van der Waals surface area contributed by atoms with Gasteiger partial charge in [0.2, 0.25) is 5.91 Å². The number of benzene rings is 2. The Labute approximate surface area is 262 Å². The van der Waals surface area contributed by atoms with Crippen LogP contribution in [-0.2, 0) is 17.9 Å². The van der Waals surface area contributed by atoms with Crippen LogP contribution in [0.15, 0.2) is 42.5 Å². The van der Waals surface area contributed by atoms with Gasteiger partial charge in [-0.25, -0.2) is 4.98 Å². The number of hydrogen-bond acceptors (Lipinski definition) is 4. The van der Waals surface area contributed by atoms with Crippen LogP contribution in [0.4, 0.5) is 0 Å². The second kappa shape index (κ2) is 16.6. The zero-order chi connectivity index (χ0) is 27.0. The van der Waals surface area contributed by atoms with Crippen molar-refractivity contribution in [2.45, 2.75) is 90.3 Å². The van der Waals surface area contributed by atoms with Gasteiger partial charge in [-0.3, -0.25) is 4.79 Å². The van der Waals surface area contributed by atoms with Crippen molar-refractivity contribution in [2.75, 3.05) is 26.2 Å². The number of halogens is 3. The number of carbonyl (C=O) groups excluding carboxylic acids is 1. The van der Waals surface area contributed by atoms with E-state index in [1.54, 1.807) is 0 Å². The lowest BCUT2D eigenvalue weighted by molar-refractivity contribution is -0.135. The van der Waals surface area contributed by atoms with Gasteiger partial charge in [-0.2, -0.15) is 0 Å². The second-order valence-electron chi connectivity index (χ2n) is 11.2. The van der Waals surface area contributed by atoms with E-state index in [1.807, 2.05) is 24.3 Å². The molecule has 2 aliphatic rings. The summed E-state index contributed by atoms with van der Waals surface area (Å²) in [7, 11) is 0. The molecule has 0 unspecified atom stereocenters. The molecule has 0 N–H and O–H groups in total. The van der Waals surface area contributed by atoms with E-state index in [0.29, 0.717) is 30.0 Å². The number of hydrogen-bond donors (Lipinski definition) is 0. The van der Waals surface area contributed by atoms with Crippen molar-refractivity contribution in [3.05, 3.63) is 58.9 Å². The first-order valence-corrected chi connectivity index (χ1v) is 15.3. The molecule has 3 heterocycles. The third-order valence-corrected chi connectivity index (χ3v) is 8.69. The number of piperidine rings is 2. The second-order valence-corrected chi connectivity index (χ2v) is 11.7. The van der Waals surface area contributed by atoms with Crippen molar-refractivity contribution in [1.29, 1.82) is 0 Å². The minimum Gasteiger partial charge on any atom is -0.486 e. The summed E-state index contributed by atoms with van der Waals surface area (Å²) in [6.45, 7) is 7.85. The monoisotopic (exact) mass is 622 g/mol. The Bertz CT molecular complexity index is 1230. The minimum atomic E-state index is 0. The molecule has 0 bridgehead atoms. The number of rotatable bonds is 11. The number of nitrogens with zero attached hydrogens (tertiary/aromatic N) is 4. The maximum absolute atomic E-state index is 13.3. The molecule has 5 rings (SSSR count). The van der Waals surface area contributed by atoms with Crippen LogP contribution in [0, 0.1) is 6.92 Å². The number of unbranched alkanes of at least 4 members (excludes halogenated alkanes) is 1. The zero-order valence-electron chi connectivity index (χ0n) is 24.2. The van der Waals surface area contributed by atoms with E-state index in [-0.39, 0.29) is 24.8 Å². The lowest BCUT2D eigenvalue weighted by Crippen LogP contribution is -2.45. The molecule has 1 atom stereocenters. The summed E-state index contributed by atoms with van der Waals surface area (Å²) >= 11 is 6.02. The highest BCUT2D eigenvalue weighted by Crippen LogP contribution is 2.25. The first kappa shape index (κ1) is 33.5. The molecule has 1 aromatic heterocycles. The number of amides is 1. The largest absolute Gasteiger partial charge is 0.486 e. The smallest absolute Gasteiger partial charge is 0.222 e. The first-order chi connectivity index (χ1) is 19.1. The van der Waals surface area contributed by atoms with Crippen molar-refractivity contribution >= 4 is 53.4 Å². The summed E-state index contributed by atoms with van der Waals surface area (Å²) in [6, 6.07) is 14.2. The molecule has 0 spiro atoms. The molecular formula is C32H45Cl3N4O2. The third-order valence-electron chi connectivity index (χ3n) is 8.44. The quantitative estimate of drug-likeness (QED) is 0.204. The molecule has 2 saturated heterocycles. The number of aryl methyl sites for hydroxylation is 2. The van der Waals surface area contributed by atoms with Crippen LogP contribution in [-0.4, -0.2) is 57.5 Å². The van der Waals surface area contributed by atoms with Gasteiger partial charge in [0.25, 0.3) is 0 Å². The summed E-state index contributed by atoms with van der Waals surface area (Å²) in [5.74, 6) is 2.03. The standard InChI is InChI=1S/C32H43ClN4O2.2ClH/c1-25-10-9-12-29-32(25)34-30(24-39-28-16-14-26(33)15-17-28)37(29)22-8-4-13-31(38)36-21-7-3-11-27(36)18-23-35-19-5-2-6-20-35;;/h9-10,12,14-17,27H,2-8,11,13,18-24H2,1H3;2*1H/t27-;;/m1../s1. The topological polar surface area (TPSA) is 50.6 Å². The minimum absolute atomic E-state index is 0. The van der Waals surface area contributed by atoms with E-state index >= 15 is 0 Å². The van der Waals surface area contributed by atoms with Gasteiger partial charge in [0.05, 0.1) is 11.0 Å². The van der Waals surface area contributed by atoms with Gasteiger partial charge in [0.15, 0.2) is 0 Å². The van der Waals surface area contributed by atoms with E-state index < -0.39 is 0 Å². The number of para-hydroxylation sites is 1. The van der Waals surface area contributed by atoms with Gasteiger partial charge in [0.1, 0.15) is 18.2 Å². The number of aromatic nitrogens is 2. The molecular weight excluding hydrogens is 579 g/mol. The number of ether oxygens (including phenoxy) is 1. The highest BCUT2D eigenvalue weighted by Gasteiger charge is 2.27. The Morgan fingerprint density at radius 1 is 0.951 bits per heavy atom. The fourth-order valence-electron chi connectivity index (χ4n) is 6.21. The first-order valence-electron chi connectivity index (χ1n) is 14.9. The van der Waals surface area contributed by atoms with Gasteiger partial charge in [-0.15, -0.1) is 24.8 Å². The van der Waals surface area contributed by atoms with E-state index in [4.69, 9.17) is 21.3 Å². The van der Waals surface area contributed by atoms with Crippen molar-refractivity contribution in [3.63, 3.8) is 0 Å². The highest BCUT2D eigenvalue weighted by molar-refractivity contribution is 6.30. The van der Waals surface area contributed by atoms with Gasteiger partial charge in [-0.1, -0.05) is 30.2 Å². The molecule has 3 aromatic rings. The van der Waals surface area contributed by atoms with Crippen LogP contribution in [0.1, 0.15) is 75.6 Å². The Morgan fingerprint density at radius 2 is 1.71 bits per heavy atom. The Morgan fingerprint density at radius 3 is 2.49 bits per heavy atom. The summed E-state index contributed by atoms with van der Waals surface area (Å²) in [4.78, 5) is 23.0. The van der Waals surface area contributed by atoms with Gasteiger partial charge in [-0.05, 0) is 107 Å². The molecule has 2 aromatic carbocycles. The van der Waals surface area contributed by atoms with Gasteiger partial charge >= 0.3 is 0 Å². The molecule has 226 valence electrons. The lowest BCUT2D eigenvalue weighted by Gasteiger charge is -2.37. The predicted molar refractivity (Wildman–Crippen MR) is 173 cm³/mol. The van der Waals surface area contributed by atoms with E-state index in [1.165, 1.54) is 38.8 Å². The van der Waals surface area contributed by atoms with Crippen LogP contribution in [0.3, 0.4) is 0 Å². The molecule has 0 radical (unpaired) electrons. The molecule has 2 fully saturated rings. The van der Waals surface area contributed by atoms with Crippen LogP contribution < -0.4 is 4.74 Å². The van der Waals surface area contributed by atoms with Gasteiger partial charge in [0, 0.05) is 37.1 Å². The van der Waals surface area contributed by atoms with Crippen molar-refractivity contribution in [3.8, 4) is 5.75 Å². The fraction of sp³-hybridized carbons (Fsp3) is 0.562. The summed E-state index contributed by atoms with van der Waals surface area (Å²) in [5, 5.41) is 0.692. The average molecular weight is 624 g/mol. The predicted octanol–water partition coefficient (Wildman–Crippen LogP) is 7.85. The van der Waals surface area contributed by atoms with E-state index in [0.717, 1.165) is 79.9 Å². The van der Waals surface area contributed by atoms with Crippen LogP contribution in [0.2, 0.25) is 5.02 Å².